The van der Waals surface area contributed by atoms with E-state index in [0.29, 0.717) is 49.8 Å². The molecule has 0 saturated carbocycles. The van der Waals surface area contributed by atoms with Crippen molar-refractivity contribution in [1.82, 2.24) is 15.0 Å². The summed E-state index contributed by atoms with van der Waals surface area (Å²) in [6, 6.07) is 10.4. The lowest BCUT2D eigenvalue weighted by Crippen LogP contribution is -2.38. The van der Waals surface area contributed by atoms with E-state index in [9.17, 15) is 18.4 Å². The Morgan fingerprint density at radius 3 is 2.62 bits per heavy atom. The molecule has 0 atom stereocenters. The number of benzene rings is 2. The van der Waals surface area contributed by atoms with Crippen LogP contribution in [0.25, 0.3) is 11.4 Å². The van der Waals surface area contributed by atoms with E-state index in [-0.39, 0.29) is 23.3 Å². The zero-order valence-corrected chi connectivity index (χ0v) is 17.5. The standard InChI is InChI=1S/C23H22F2N4O3/c1-2-20(30)26-17-5-3-4-15(12-17)21-27-22(32-28-21)14-8-10-29(11-9-14)23(31)16-6-7-18(24)19(25)13-16/h3-7,12-14H,2,8-11H2,1H3,(H,26,30). The van der Waals surface area contributed by atoms with Crippen molar-refractivity contribution in [2.24, 2.45) is 0 Å². The predicted octanol–water partition coefficient (Wildman–Crippen LogP) is 4.38. The second-order valence-electron chi connectivity index (χ2n) is 7.63. The molecular weight excluding hydrogens is 418 g/mol. The first-order valence-electron chi connectivity index (χ1n) is 10.4. The average molecular weight is 440 g/mol. The number of carbonyl (C=O) groups is 2. The van der Waals surface area contributed by atoms with Crippen LogP contribution in [0.4, 0.5) is 14.5 Å². The number of likely N-dealkylation sites (tertiary alicyclic amines) is 1. The summed E-state index contributed by atoms with van der Waals surface area (Å²) in [6.07, 6.45) is 1.61. The van der Waals surface area contributed by atoms with Crippen molar-refractivity contribution in [3.63, 3.8) is 0 Å². The molecule has 2 amide bonds. The van der Waals surface area contributed by atoms with Crippen molar-refractivity contribution in [3.8, 4) is 11.4 Å². The van der Waals surface area contributed by atoms with E-state index in [1.54, 1.807) is 30.0 Å². The van der Waals surface area contributed by atoms with Gasteiger partial charge in [-0.2, -0.15) is 4.98 Å². The third-order valence-electron chi connectivity index (χ3n) is 5.47. The van der Waals surface area contributed by atoms with Gasteiger partial charge in [-0.15, -0.1) is 0 Å². The molecule has 1 saturated heterocycles. The highest BCUT2D eigenvalue weighted by atomic mass is 19.2. The summed E-state index contributed by atoms with van der Waals surface area (Å²) in [6.45, 7) is 2.67. The van der Waals surface area contributed by atoms with Gasteiger partial charge in [0, 0.05) is 42.2 Å². The molecule has 32 heavy (non-hydrogen) atoms. The van der Waals surface area contributed by atoms with Gasteiger partial charge in [0.25, 0.3) is 5.91 Å². The van der Waals surface area contributed by atoms with Crippen molar-refractivity contribution in [2.75, 3.05) is 18.4 Å². The number of piperidine rings is 1. The predicted molar refractivity (Wildman–Crippen MR) is 113 cm³/mol. The van der Waals surface area contributed by atoms with Gasteiger partial charge in [-0.1, -0.05) is 24.2 Å². The molecule has 4 rings (SSSR count). The normalized spacial score (nSPS) is 14.4. The third-order valence-corrected chi connectivity index (χ3v) is 5.47. The zero-order chi connectivity index (χ0) is 22.7. The molecule has 3 aromatic rings. The average Bonchev–Trinajstić information content (AvgIpc) is 3.31. The molecule has 2 aromatic carbocycles. The molecule has 7 nitrogen and oxygen atoms in total. The molecule has 1 N–H and O–H groups in total. The van der Waals surface area contributed by atoms with Crippen LogP contribution in [0.2, 0.25) is 0 Å². The fraction of sp³-hybridized carbons (Fsp3) is 0.304. The summed E-state index contributed by atoms with van der Waals surface area (Å²) in [5, 5.41) is 6.87. The Balaban J connectivity index is 1.40. The van der Waals surface area contributed by atoms with Gasteiger partial charge in [-0.25, -0.2) is 8.78 Å². The molecule has 1 fully saturated rings. The van der Waals surface area contributed by atoms with Crippen molar-refractivity contribution in [1.29, 1.82) is 0 Å². The van der Waals surface area contributed by atoms with Gasteiger partial charge in [0.05, 0.1) is 0 Å². The SMILES string of the molecule is CCC(=O)Nc1cccc(-c2noc(C3CCN(C(=O)c4ccc(F)c(F)c4)CC3)n2)c1. The van der Waals surface area contributed by atoms with E-state index in [1.165, 1.54) is 6.07 Å². The fourth-order valence-electron chi connectivity index (χ4n) is 3.64. The van der Waals surface area contributed by atoms with Crippen molar-refractivity contribution in [2.45, 2.75) is 32.1 Å². The molecule has 9 heteroatoms. The van der Waals surface area contributed by atoms with Crippen LogP contribution in [0.15, 0.2) is 47.0 Å². The van der Waals surface area contributed by atoms with Crippen molar-refractivity contribution < 1.29 is 22.9 Å². The second kappa shape index (κ2) is 9.25. The summed E-state index contributed by atoms with van der Waals surface area (Å²) < 4.78 is 32.0. The molecule has 0 radical (unpaired) electrons. The Morgan fingerprint density at radius 1 is 1.12 bits per heavy atom. The van der Waals surface area contributed by atoms with Crippen LogP contribution in [0.1, 0.15) is 48.4 Å². The van der Waals surface area contributed by atoms with E-state index >= 15 is 0 Å². The Morgan fingerprint density at radius 2 is 1.91 bits per heavy atom. The summed E-state index contributed by atoms with van der Waals surface area (Å²) in [5.41, 5.74) is 1.50. The van der Waals surface area contributed by atoms with Crippen LogP contribution in [-0.2, 0) is 4.79 Å². The highest BCUT2D eigenvalue weighted by Gasteiger charge is 2.28. The van der Waals surface area contributed by atoms with Gasteiger partial charge in [0.15, 0.2) is 11.6 Å². The molecule has 0 unspecified atom stereocenters. The molecule has 166 valence electrons. The maximum atomic E-state index is 13.4. The first-order chi connectivity index (χ1) is 15.4. The van der Waals surface area contributed by atoms with Gasteiger partial charge in [-0.3, -0.25) is 9.59 Å². The lowest BCUT2D eigenvalue weighted by Gasteiger charge is -2.30. The van der Waals surface area contributed by atoms with Crippen LogP contribution < -0.4 is 5.32 Å². The van der Waals surface area contributed by atoms with Crippen LogP contribution >= 0.6 is 0 Å². The number of carbonyl (C=O) groups excluding carboxylic acids is 2. The van der Waals surface area contributed by atoms with E-state index in [0.717, 1.165) is 17.7 Å². The van der Waals surface area contributed by atoms with E-state index < -0.39 is 11.6 Å². The fourth-order valence-corrected chi connectivity index (χ4v) is 3.64. The third kappa shape index (κ3) is 4.66. The smallest absolute Gasteiger partial charge is 0.253 e. The van der Waals surface area contributed by atoms with Gasteiger partial charge in [0.2, 0.25) is 17.6 Å². The molecule has 0 bridgehead atoms. The van der Waals surface area contributed by atoms with Crippen molar-refractivity contribution in [3.05, 3.63) is 65.6 Å². The summed E-state index contributed by atoms with van der Waals surface area (Å²) in [7, 11) is 0. The Labute approximate surface area is 183 Å². The number of nitrogens with zero attached hydrogens (tertiary/aromatic N) is 3. The molecule has 2 heterocycles. The second-order valence-corrected chi connectivity index (χ2v) is 7.63. The Bertz CT molecular complexity index is 1140. The van der Waals surface area contributed by atoms with Crippen LogP contribution in [0.5, 0.6) is 0 Å². The number of nitrogens with one attached hydrogen (secondary N) is 1. The Hall–Kier alpha value is -3.62. The first kappa shape index (κ1) is 21.6. The molecule has 1 aromatic heterocycles. The Kier molecular flexibility index (Phi) is 6.25. The number of aromatic nitrogens is 2. The molecule has 0 aliphatic carbocycles. The number of anilines is 1. The topological polar surface area (TPSA) is 88.3 Å². The minimum absolute atomic E-state index is 0.00627. The monoisotopic (exact) mass is 440 g/mol. The highest BCUT2D eigenvalue weighted by Crippen LogP contribution is 2.30. The summed E-state index contributed by atoms with van der Waals surface area (Å²) >= 11 is 0. The lowest BCUT2D eigenvalue weighted by molar-refractivity contribution is -0.115. The minimum atomic E-state index is -1.04. The van der Waals surface area contributed by atoms with E-state index in [1.807, 2.05) is 6.07 Å². The van der Waals surface area contributed by atoms with Crippen LogP contribution in [0, 0.1) is 11.6 Å². The number of amides is 2. The van der Waals surface area contributed by atoms with Crippen LogP contribution in [-0.4, -0.2) is 39.9 Å². The lowest BCUT2D eigenvalue weighted by atomic mass is 9.96. The number of halogens is 2. The summed E-state index contributed by atoms with van der Waals surface area (Å²) in [4.78, 5) is 30.3. The van der Waals surface area contributed by atoms with Gasteiger partial charge >= 0.3 is 0 Å². The number of hydrogen-bond acceptors (Lipinski definition) is 5. The molecular formula is C23H22F2N4O3. The van der Waals surface area contributed by atoms with Crippen molar-refractivity contribution >= 4 is 17.5 Å². The zero-order valence-electron chi connectivity index (χ0n) is 17.5. The molecule has 1 aliphatic heterocycles. The van der Waals surface area contributed by atoms with Gasteiger partial charge in [0.1, 0.15) is 0 Å². The van der Waals surface area contributed by atoms with E-state index in [4.69, 9.17) is 4.52 Å². The van der Waals surface area contributed by atoms with E-state index in [2.05, 4.69) is 15.5 Å². The quantitative estimate of drug-likeness (QED) is 0.636. The first-order valence-corrected chi connectivity index (χ1v) is 10.4. The van der Waals surface area contributed by atoms with Gasteiger partial charge in [-0.05, 0) is 43.2 Å². The minimum Gasteiger partial charge on any atom is -0.339 e. The molecule has 1 aliphatic rings. The van der Waals surface area contributed by atoms with Crippen LogP contribution in [0.3, 0.4) is 0 Å². The largest absolute Gasteiger partial charge is 0.339 e. The maximum Gasteiger partial charge on any atom is 0.253 e. The maximum absolute atomic E-state index is 13.4. The van der Waals surface area contributed by atoms with Gasteiger partial charge < -0.3 is 14.7 Å². The number of rotatable bonds is 5. The summed E-state index contributed by atoms with van der Waals surface area (Å²) in [5.74, 6) is -1.53. The highest BCUT2D eigenvalue weighted by molar-refractivity contribution is 5.94. The number of hydrogen-bond donors (Lipinski definition) is 1. The molecule has 0 spiro atoms.